The van der Waals surface area contributed by atoms with Gasteiger partial charge in [-0.15, -0.1) is 9.42 Å². The lowest BCUT2D eigenvalue weighted by Gasteiger charge is -2.10. The quantitative estimate of drug-likeness (QED) is 0.204. The van der Waals surface area contributed by atoms with Gasteiger partial charge >= 0.3 is 8.25 Å². The first-order valence-electron chi connectivity index (χ1n) is 4.62. The first kappa shape index (κ1) is 19.1. The summed E-state index contributed by atoms with van der Waals surface area (Å²) in [5, 5.41) is 34.1. The van der Waals surface area contributed by atoms with Crippen LogP contribution in [0, 0.1) is 0 Å². The van der Waals surface area contributed by atoms with Crippen LogP contribution in [0.3, 0.4) is 0 Å². The van der Waals surface area contributed by atoms with Crippen molar-refractivity contribution in [1.82, 2.24) is 0 Å². The van der Waals surface area contributed by atoms with Gasteiger partial charge in [0.05, 0.1) is 26.4 Å². The highest BCUT2D eigenvalue weighted by Gasteiger charge is 2.07. The first-order chi connectivity index (χ1) is 7.97. The number of aliphatic hydroxyl groups excluding tert-OH is 4. The Kier molecular flexibility index (Phi) is 15.6. The fraction of sp³-hybridized carbons (Fsp3) is 1.00. The van der Waals surface area contributed by atoms with Gasteiger partial charge in [0.25, 0.3) is 0 Å². The Bertz CT molecular complexity index is 173. The van der Waals surface area contributed by atoms with Gasteiger partial charge in [-0.2, -0.15) is 0 Å². The minimum Gasteiger partial charge on any atom is -0.394 e. The average molecular weight is 276 g/mol. The molecule has 0 aromatic rings. The smallest absolute Gasteiger partial charge is 0.394 e. The van der Waals surface area contributed by atoms with Gasteiger partial charge in [-0.3, -0.25) is 0 Å². The second-order valence-electron chi connectivity index (χ2n) is 2.74. The summed E-state index contributed by atoms with van der Waals surface area (Å²) in [6.45, 7) is -1.00. The van der Waals surface area contributed by atoms with Crippen LogP contribution < -0.4 is 5.73 Å². The van der Waals surface area contributed by atoms with Crippen LogP contribution in [0.4, 0.5) is 0 Å². The number of nitrogens with two attached hydrogens (primary N) is 1. The van der Waals surface area contributed by atoms with E-state index in [1.54, 1.807) is 0 Å². The molecule has 0 spiro atoms. The van der Waals surface area contributed by atoms with Gasteiger partial charge in [0.15, 0.2) is 6.73 Å². The summed E-state index contributed by atoms with van der Waals surface area (Å²) in [5.41, 5.74) is 4.66. The van der Waals surface area contributed by atoms with Crippen molar-refractivity contribution < 1.29 is 39.1 Å². The third-order valence-corrected chi connectivity index (χ3v) is 1.60. The summed E-state index contributed by atoms with van der Waals surface area (Å²) in [6.07, 6.45) is -1.83. The highest BCUT2D eigenvalue weighted by Crippen LogP contribution is 2.11. The molecule has 104 valence electrons. The number of hydrogen-bond acceptors (Lipinski definition) is 8. The Morgan fingerprint density at radius 2 is 1.53 bits per heavy atom. The van der Waals surface area contributed by atoms with Crippen molar-refractivity contribution in [3.05, 3.63) is 0 Å². The maximum Gasteiger partial charge on any atom is 0.696 e. The van der Waals surface area contributed by atoms with Gasteiger partial charge in [-0.05, 0) is 0 Å². The molecule has 3 unspecified atom stereocenters. The Hall–Kier alpha value is -0.220. The second kappa shape index (κ2) is 13.8. The summed E-state index contributed by atoms with van der Waals surface area (Å²) in [5.74, 6) is 0. The molecule has 0 aliphatic carbocycles. The van der Waals surface area contributed by atoms with Gasteiger partial charge in [-0.25, -0.2) is 0 Å². The molecule has 0 aliphatic rings. The monoisotopic (exact) mass is 276 g/mol. The molecule has 9 nitrogen and oxygen atoms in total. The van der Waals surface area contributed by atoms with E-state index in [0.29, 0.717) is 0 Å². The molecule has 17 heavy (non-hydrogen) atoms. The van der Waals surface area contributed by atoms with Crippen LogP contribution in [-0.4, -0.2) is 70.7 Å². The fourth-order valence-corrected chi connectivity index (χ4v) is 0.637. The van der Waals surface area contributed by atoms with E-state index in [1.165, 1.54) is 0 Å². The maximum absolute atomic E-state index is 9.45. The predicted octanol–water partition coefficient (Wildman–Crippen LogP) is -2.72. The number of ether oxygens (including phenoxy) is 1. The third kappa shape index (κ3) is 18.3. The first-order valence-corrected chi connectivity index (χ1v) is 5.75. The van der Waals surface area contributed by atoms with Crippen molar-refractivity contribution >= 4 is 8.25 Å². The average Bonchev–Trinajstić information content (AvgIpc) is 2.29. The third-order valence-electron chi connectivity index (χ3n) is 1.23. The maximum atomic E-state index is 9.45. The normalized spacial score (nSPS) is 14.6. The molecule has 0 radical (unpaired) electrons. The number of rotatable bonds is 8. The zero-order valence-electron chi connectivity index (χ0n) is 9.18. The standard InChI is InChI=1S/C6H14O5.CH4NO3P/c7-1-5(9)3-11-4-6(10)2-8;2-1-5-6(3)4/h5-10H,1-4H2;1-2H2/p+1. The van der Waals surface area contributed by atoms with Crippen LogP contribution in [0.2, 0.25) is 0 Å². The Balaban J connectivity index is 0. The van der Waals surface area contributed by atoms with Crippen molar-refractivity contribution in [1.29, 1.82) is 0 Å². The van der Waals surface area contributed by atoms with E-state index in [4.69, 9.17) is 30.1 Å². The highest BCUT2D eigenvalue weighted by atomic mass is 31.1. The minimum atomic E-state index is -2.48. The lowest BCUT2D eigenvalue weighted by Crippen LogP contribution is -2.25. The van der Waals surface area contributed by atoms with Crippen LogP contribution in [-0.2, 0) is 13.8 Å². The molecule has 7 N–H and O–H groups in total. The van der Waals surface area contributed by atoms with E-state index < -0.39 is 20.5 Å². The molecule has 10 heteroatoms. The number of hydrogen-bond donors (Lipinski definition) is 6. The van der Waals surface area contributed by atoms with Gasteiger partial charge in [-0.1, -0.05) is 0 Å². The second-order valence-corrected chi connectivity index (χ2v) is 3.48. The van der Waals surface area contributed by atoms with Gasteiger partial charge in [0.1, 0.15) is 12.2 Å². The number of aliphatic hydroxyl groups is 4. The molecule has 3 atom stereocenters. The van der Waals surface area contributed by atoms with Crippen molar-refractivity contribution in [2.75, 3.05) is 33.2 Å². The largest absolute Gasteiger partial charge is 0.696 e. The van der Waals surface area contributed by atoms with Crippen LogP contribution in [0.25, 0.3) is 0 Å². The van der Waals surface area contributed by atoms with Crippen LogP contribution in [0.5, 0.6) is 0 Å². The lowest BCUT2D eigenvalue weighted by atomic mass is 10.4. The molecule has 0 rings (SSSR count). The highest BCUT2D eigenvalue weighted by molar-refractivity contribution is 7.32. The molecule has 0 bridgehead atoms. The molecular formula is C7H19NO8P+. The van der Waals surface area contributed by atoms with Gasteiger partial charge < -0.3 is 30.9 Å². The van der Waals surface area contributed by atoms with Gasteiger partial charge in [0.2, 0.25) is 0 Å². The van der Waals surface area contributed by atoms with Crippen LogP contribution in [0.15, 0.2) is 0 Å². The molecule has 0 fully saturated rings. The summed E-state index contributed by atoms with van der Waals surface area (Å²) < 4.78 is 18.0. The molecule has 0 aromatic heterocycles. The minimum absolute atomic E-state index is 0.0342. The topological polar surface area (TPSA) is 163 Å². The molecular weight excluding hydrogens is 257 g/mol. The van der Waals surface area contributed by atoms with Crippen LogP contribution in [0.1, 0.15) is 0 Å². The lowest BCUT2D eigenvalue weighted by molar-refractivity contribution is -0.0364. The Morgan fingerprint density at radius 1 is 1.12 bits per heavy atom. The molecule has 0 heterocycles. The van der Waals surface area contributed by atoms with Crippen LogP contribution >= 0.6 is 8.25 Å². The van der Waals surface area contributed by atoms with E-state index in [0.717, 1.165) is 0 Å². The van der Waals surface area contributed by atoms with Crippen molar-refractivity contribution in [3.63, 3.8) is 0 Å². The molecule has 0 aliphatic heterocycles. The fourth-order valence-electron chi connectivity index (χ4n) is 0.509. The van der Waals surface area contributed by atoms with E-state index in [2.05, 4.69) is 10.3 Å². The summed E-state index contributed by atoms with van der Waals surface area (Å²) in [6, 6.07) is 0. The van der Waals surface area contributed by atoms with E-state index >= 15 is 0 Å². The molecule has 0 saturated heterocycles. The predicted molar refractivity (Wildman–Crippen MR) is 57.0 cm³/mol. The van der Waals surface area contributed by atoms with Crippen molar-refractivity contribution in [2.45, 2.75) is 12.2 Å². The zero-order chi connectivity index (χ0) is 13.7. The molecule has 0 saturated carbocycles. The van der Waals surface area contributed by atoms with E-state index in [9.17, 15) is 4.57 Å². The van der Waals surface area contributed by atoms with Gasteiger partial charge in [0, 0.05) is 4.57 Å². The molecule has 0 amide bonds. The Morgan fingerprint density at radius 3 is 1.71 bits per heavy atom. The summed E-state index contributed by atoms with van der Waals surface area (Å²) >= 11 is 0. The SMILES string of the molecule is NCO[P+](=O)O.OCC(O)COCC(O)CO. The van der Waals surface area contributed by atoms with E-state index in [1.807, 2.05) is 0 Å². The van der Waals surface area contributed by atoms with Crippen molar-refractivity contribution in [2.24, 2.45) is 5.73 Å². The van der Waals surface area contributed by atoms with Crippen molar-refractivity contribution in [3.8, 4) is 0 Å². The summed E-state index contributed by atoms with van der Waals surface area (Å²) in [7, 11) is -2.48. The zero-order valence-corrected chi connectivity index (χ0v) is 10.1. The Labute approximate surface area is 99.4 Å². The molecule has 0 aromatic carbocycles. The summed E-state index contributed by atoms with van der Waals surface area (Å²) in [4.78, 5) is 7.76. The van der Waals surface area contributed by atoms with E-state index in [-0.39, 0.29) is 33.2 Å².